The highest BCUT2D eigenvalue weighted by Gasteiger charge is 2.30. The largest absolute Gasteiger partial charge is 0.416 e. The molecule has 1 saturated heterocycles. The molecule has 0 radical (unpaired) electrons. The molecule has 1 aromatic heterocycles. The molecule has 2 heterocycles. The number of hydrogen-bond donors (Lipinski definition) is 1. The van der Waals surface area contributed by atoms with Gasteiger partial charge in [-0.25, -0.2) is 0 Å². The van der Waals surface area contributed by atoms with E-state index in [1.165, 1.54) is 12.1 Å². The third-order valence-corrected chi connectivity index (χ3v) is 5.27. The highest BCUT2D eigenvalue weighted by atomic mass is 19.4. The summed E-state index contributed by atoms with van der Waals surface area (Å²) in [7, 11) is 0. The summed E-state index contributed by atoms with van der Waals surface area (Å²) < 4.78 is 38.1. The second-order valence-corrected chi connectivity index (χ2v) is 7.26. The fraction of sp³-hybridized carbons (Fsp3) is 0.333. The number of benzene rings is 2. The topological polar surface area (TPSA) is 52.2 Å². The molecule has 1 fully saturated rings. The van der Waals surface area contributed by atoms with Crippen molar-refractivity contribution in [1.29, 1.82) is 0 Å². The maximum Gasteiger partial charge on any atom is 0.416 e. The molecule has 152 valence electrons. The van der Waals surface area contributed by atoms with Gasteiger partial charge in [0.05, 0.1) is 22.8 Å². The molecule has 1 amide bonds. The van der Waals surface area contributed by atoms with E-state index in [1.807, 2.05) is 17.0 Å². The number of fused-ring (bicyclic) bond motifs is 1. The molecule has 8 heteroatoms. The van der Waals surface area contributed by atoms with Gasteiger partial charge in [-0.2, -0.15) is 18.3 Å². The monoisotopic (exact) mass is 402 g/mol. The summed E-state index contributed by atoms with van der Waals surface area (Å²) >= 11 is 0. The SMILES string of the molecule is O=C(c1cccc2cn[nH]c12)N1CCCN(Cc2ccc(C(F)(F)F)cc2)CC1. The van der Waals surface area contributed by atoms with E-state index in [9.17, 15) is 18.0 Å². The van der Waals surface area contributed by atoms with Crippen molar-refractivity contribution in [2.75, 3.05) is 26.2 Å². The number of aromatic nitrogens is 2. The predicted molar refractivity (Wildman–Crippen MR) is 103 cm³/mol. The van der Waals surface area contributed by atoms with Gasteiger partial charge in [0.1, 0.15) is 0 Å². The minimum Gasteiger partial charge on any atom is -0.337 e. The van der Waals surface area contributed by atoms with Crippen molar-refractivity contribution in [3.05, 3.63) is 65.4 Å². The fourth-order valence-electron chi connectivity index (χ4n) is 3.71. The third kappa shape index (κ3) is 4.27. The fourth-order valence-corrected chi connectivity index (χ4v) is 3.71. The normalized spacial score (nSPS) is 16.2. The van der Waals surface area contributed by atoms with Gasteiger partial charge in [-0.05, 0) is 30.2 Å². The first-order valence-corrected chi connectivity index (χ1v) is 9.52. The average Bonchev–Trinajstić information content (AvgIpc) is 3.07. The van der Waals surface area contributed by atoms with E-state index in [2.05, 4.69) is 15.1 Å². The molecule has 0 saturated carbocycles. The Hall–Kier alpha value is -2.87. The van der Waals surface area contributed by atoms with Gasteiger partial charge in [0, 0.05) is 38.1 Å². The minimum atomic E-state index is -4.32. The molecule has 4 rings (SSSR count). The van der Waals surface area contributed by atoms with E-state index >= 15 is 0 Å². The first-order chi connectivity index (χ1) is 13.9. The van der Waals surface area contributed by atoms with Crippen molar-refractivity contribution < 1.29 is 18.0 Å². The summed E-state index contributed by atoms with van der Waals surface area (Å²) in [6.45, 7) is 3.25. The lowest BCUT2D eigenvalue weighted by atomic mass is 10.1. The molecule has 29 heavy (non-hydrogen) atoms. The second-order valence-electron chi connectivity index (χ2n) is 7.26. The first-order valence-electron chi connectivity index (χ1n) is 9.52. The van der Waals surface area contributed by atoms with Gasteiger partial charge in [-0.15, -0.1) is 0 Å². The van der Waals surface area contributed by atoms with Gasteiger partial charge >= 0.3 is 6.18 Å². The lowest BCUT2D eigenvalue weighted by Gasteiger charge is -2.22. The summed E-state index contributed by atoms with van der Waals surface area (Å²) in [5.41, 5.74) is 1.54. The highest BCUT2D eigenvalue weighted by molar-refractivity contribution is 6.05. The van der Waals surface area contributed by atoms with Gasteiger partial charge in [-0.1, -0.05) is 24.3 Å². The molecule has 0 spiro atoms. The van der Waals surface area contributed by atoms with Gasteiger partial charge in [0.25, 0.3) is 5.91 Å². The molecule has 0 aliphatic carbocycles. The number of alkyl halides is 3. The van der Waals surface area contributed by atoms with Crippen LogP contribution in [0.2, 0.25) is 0 Å². The number of nitrogens with zero attached hydrogens (tertiary/aromatic N) is 3. The van der Waals surface area contributed by atoms with Crippen LogP contribution in [0.15, 0.2) is 48.7 Å². The van der Waals surface area contributed by atoms with Gasteiger partial charge in [-0.3, -0.25) is 14.8 Å². The summed E-state index contributed by atoms with van der Waals surface area (Å²) in [5, 5.41) is 7.80. The van der Waals surface area contributed by atoms with Crippen molar-refractivity contribution >= 4 is 16.8 Å². The molecular formula is C21H21F3N4O. The van der Waals surface area contributed by atoms with Crippen LogP contribution in [-0.2, 0) is 12.7 Å². The van der Waals surface area contributed by atoms with Crippen LogP contribution >= 0.6 is 0 Å². The molecule has 0 atom stereocenters. The number of amides is 1. The summed E-state index contributed by atoms with van der Waals surface area (Å²) in [5.74, 6) is -0.0313. The van der Waals surface area contributed by atoms with Gasteiger partial charge < -0.3 is 4.90 Å². The van der Waals surface area contributed by atoms with Crippen molar-refractivity contribution in [1.82, 2.24) is 20.0 Å². The maximum atomic E-state index is 13.0. The first kappa shape index (κ1) is 19.4. The Labute approximate surface area is 166 Å². The number of H-pyrrole nitrogens is 1. The van der Waals surface area contributed by atoms with Crippen molar-refractivity contribution in [2.45, 2.75) is 19.1 Å². The molecule has 1 aliphatic heterocycles. The lowest BCUT2D eigenvalue weighted by Crippen LogP contribution is -2.35. The third-order valence-electron chi connectivity index (χ3n) is 5.27. The summed E-state index contributed by atoms with van der Waals surface area (Å²) in [6, 6.07) is 10.8. The zero-order chi connectivity index (χ0) is 20.4. The van der Waals surface area contributed by atoms with Crippen molar-refractivity contribution in [3.63, 3.8) is 0 Å². The van der Waals surface area contributed by atoms with Crippen LogP contribution < -0.4 is 0 Å². The molecule has 2 aromatic carbocycles. The molecule has 0 unspecified atom stereocenters. The molecule has 3 aromatic rings. The van der Waals surface area contributed by atoms with Gasteiger partial charge in [0.15, 0.2) is 0 Å². The summed E-state index contributed by atoms with van der Waals surface area (Å²) in [6.07, 6.45) is -1.81. The molecule has 1 N–H and O–H groups in total. The number of para-hydroxylation sites is 1. The number of hydrogen-bond acceptors (Lipinski definition) is 3. The number of aromatic amines is 1. The molecular weight excluding hydrogens is 381 g/mol. The smallest absolute Gasteiger partial charge is 0.337 e. The summed E-state index contributed by atoms with van der Waals surface area (Å²) in [4.78, 5) is 17.0. The Bertz CT molecular complexity index is 997. The Kier molecular flexibility index (Phi) is 5.27. The van der Waals surface area contributed by atoms with Crippen LogP contribution in [0.4, 0.5) is 13.2 Å². The lowest BCUT2D eigenvalue weighted by molar-refractivity contribution is -0.137. The average molecular weight is 402 g/mol. The molecule has 1 aliphatic rings. The number of carbonyl (C=O) groups excluding carboxylic acids is 1. The van der Waals surface area contributed by atoms with E-state index in [1.54, 1.807) is 12.3 Å². The van der Waals surface area contributed by atoms with Gasteiger partial charge in [0.2, 0.25) is 0 Å². The zero-order valence-electron chi connectivity index (χ0n) is 15.7. The van der Waals surface area contributed by atoms with E-state index in [0.29, 0.717) is 31.7 Å². The Morgan fingerprint density at radius 1 is 1.03 bits per heavy atom. The molecule has 0 bridgehead atoms. The molecule has 5 nitrogen and oxygen atoms in total. The Morgan fingerprint density at radius 3 is 2.59 bits per heavy atom. The van der Waals surface area contributed by atoms with Crippen LogP contribution in [0.25, 0.3) is 10.9 Å². The van der Waals surface area contributed by atoms with E-state index < -0.39 is 11.7 Å². The number of carbonyl (C=O) groups is 1. The van der Waals surface area contributed by atoms with E-state index in [4.69, 9.17) is 0 Å². The quantitative estimate of drug-likeness (QED) is 0.722. The van der Waals surface area contributed by atoms with Crippen LogP contribution in [-0.4, -0.2) is 52.1 Å². The Morgan fingerprint density at radius 2 is 1.83 bits per heavy atom. The predicted octanol–water partition coefficient (Wildman–Crippen LogP) is 3.93. The number of rotatable bonds is 3. The van der Waals surface area contributed by atoms with Crippen molar-refractivity contribution in [2.24, 2.45) is 0 Å². The minimum absolute atomic E-state index is 0.0313. The van der Waals surface area contributed by atoms with Crippen LogP contribution in [0.3, 0.4) is 0 Å². The van der Waals surface area contributed by atoms with Crippen molar-refractivity contribution in [3.8, 4) is 0 Å². The van der Waals surface area contributed by atoms with Crippen LogP contribution in [0, 0.1) is 0 Å². The van der Waals surface area contributed by atoms with E-state index in [-0.39, 0.29) is 5.91 Å². The second kappa shape index (κ2) is 7.87. The van der Waals surface area contributed by atoms with Crippen LogP contribution in [0.5, 0.6) is 0 Å². The number of halogens is 3. The maximum absolute atomic E-state index is 13.0. The zero-order valence-corrected chi connectivity index (χ0v) is 15.7. The van der Waals surface area contributed by atoms with Crippen LogP contribution in [0.1, 0.15) is 27.9 Å². The van der Waals surface area contributed by atoms with E-state index in [0.717, 1.165) is 41.6 Å². The highest BCUT2D eigenvalue weighted by Crippen LogP contribution is 2.29. The number of nitrogens with one attached hydrogen (secondary N) is 1. The Balaban J connectivity index is 1.40. The standard InChI is InChI=1S/C21H21F3N4O/c22-21(23,24)17-7-5-15(6-8-17)14-27-9-2-10-28(12-11-27)20(29)18-4-1-3-16-13-25-26-19(16)18/h1,3-8,13H,2,9-12,14H2,(H,25,26).